The van der Waals surface area contributed by atoms with E-state index in [0.717, 1.165) is 32.4 Å². The lowest BCUT2D eigenvalue weighted by molar-refractivity contribution is 0.0521. The molecule has 1 rings (SSSR count). The summed E-state index contributed by atoms with van der Waals surface area (Å²) in [6, 6.07) is 2.25. The van der Waals surface area contributed by atoms with E-state index in [1.807, 2.05) is 37.7 Å². The van der Waals surface area contributed by atoms with Gasteiger partial charge in [0.15, 0.2) is 0 Å². The zero-order chi connectivity index (χ0) is 17.3. The van der Waals surface area contributed by atoms with Crippen LogP contribution in [0.1, 0.15) is 59.6 Å². The number of rotatable bonds is 9. The average molecular weight is 324 g/mol. The largest absolute Gasteiger partial charge is 0.444 e. The summed E-state index contributed by atoms with van der Waals surface area (Å²) in [7, 11) is 0. The second-order valence-electron chi connectivity index (χ2n) is 6.79. The molecule has 6 nitrogen and oxygen atoms in total. The number of nitrogens with zero attached hydrogens (tertiary/aromatic N) is 2. The first-order valence-corrected chi connectivity index (χ1v) is 8.56. The van der Waals surface area contributed by atoms with Gasteiger partial charge in [-0.2, -0.15) is 5.10 Å². The van der Waals surface area contributed by atoms with E-state index >= 15 is 0 Å². The molecule has 0 saturated heterocycles. The molecular weight excluding hydrogens is 292 g/mol. The van der Waals surface area contributed by atoms with Gasteiger partial charge in [0, 0.05) is 31.9 Å². The zero-order valence-electron chi connectivity index (χ0n) is 15.2. The van der Waals surface area contributed by atoms with E-state index in [2.05, 4.69) is 29.6 Å². The number of amides is 1. The summed E-state index contributed by atoms with van der Waals surface area (Å²) >= 11 is 0. The molecule has 2 N–H and O–H groups in total. The Kier molecular flexibility index (Phi) is 8.09. The van der Waals surface area contributed by atoms with Gasteiger partial charge in [-0.15, -0.1) is 0 Å². The molecule has 0 aliphatic rings. The maximum absolute atomic E-state index is 11.8. The van der Waals surface area contributed by atoms with Crippen molar-refractivity contribution >= 4 is 6.09 Å². The average Bonchev–Trinajstić information content (AvgIpc) is 2.88. The predicted molar refractivity (Wildman–Crippen MR) is 92.3 cm³/mol. The first kappa shape index (κ1) is 19.5. The number of hydrogen-bond acceptors (Lipinski definition) is 4. The molecule has 0 aliphatic heterocycles. The van der Waals surface area contributed by atoms with Crippen molar-refractivity contribution in [3.8, 4) is 0 Å². The lowest BCUT2D eigenvalue weighted by Crippen LogP contribution is -2.42. The van der Waals surface area contributed by atoms with Crippen LogP contribution in [0.2, 0.25) is 0 Å². The van der Waals surface area contributed by atoms with Crippen LogP contribution in [0, 0.1) is 0 Å². The van der Waals surface area contributed by atoms with Gasteiger partial charge in [0.05, 0.1) is 5.69 Å². The van der Waals surface area contributed by atoms with Gasteiger partial charge < -0.3 is 15.4 Å². The van der Waals surface area contributed by atoms with Crippen molar-refractivity contribution < 1.29 is 9.53 Å². The molecular formula is C17H32N4O2. The molecule has 132 valence electrons. The van der Waals surface area contributed by atoms with Gasteiger partial charge in [-0.25, -0.2) is 4.79 Å². The Bertz CT molecular complexity index is 465. The minimum Gasteiger partial charge on any atom is -0.444 e. The minimum absolute atomic E-state index is 0.220. The highest BCUT2D eigenvalue weighted by atomic mass is 16.6. The van der Waals surface area contributed by atoms with E-state index in [4.69, 9.17) is 4.74 Å². The van der Waals surface area contributed by atoms with Crippen molar-refractivity contribution in [2.75, 3.05) is 6.54 Å². The number of aryl methyl sites for hydroxylation is 1. The van der Waals surface area contributed by atoms with Crippen LogP contribution in [0.15, 0.2) is 12.3 Å². The van der Waals surface area contributed by atoms with E-state index in [-0.39, 0.29) is 12.1 Å². The quantitative estimate of drug-likeness (QED) is 0.732. The fraction of sp³-hybridized carbons (Fsp3) is 0.765. The monoisotopic (exact) mass is 324 g/mol. The Morgan fingerprint density at radius 1 is 1.35 bits per heavy atom. The van der Waals surface area contributed by atoms with Crippen LogP contribution in [0.25, 0.3) is 0 Å². The summed E-state index contributed by atoms with van der Waals surface area (Å²) in [6.45, 7) is 12.1. The zero-order valence-corrected chi connectivity index (χ0v) is 15.2. The van der Waals surface area contributed by atoms with Gasteiger partial charge in [-0.05, 0) is 39.7 Å². The number of nitrogens with one attached hydrogen (secondary N) is 2. The molecule has 0 aliphatic carbocycles. The third-order valence-corrected chi connectivity index (χ3v) is 3.34. The minimum atomic E-state index is -0.468. The van der Waals surface area contributed by atoms with E-state index in [1.54, 1.807) is 0 Å². The Morgan fingerprint density at radius 3 is 2.70 bits per heavy atom. The number of carbonyl (C=O) groups is 1. The third-order valence-electron chi connectivity index (χ3n) is 3.34. The number of ether oxygens (including phenoxy) is 1. The maximum Gasteiger partial charge on any atom is 0.407 e. The van der Waals surface area contributed by atoms with Gasteiger partial charge in [-0.1, -0.05) is 20.3 Å². The molecule has 23 heavy (non-hydrogen) atoms. The van der Waals surface area contributed by atoms with Crippen LogP contribution in [0.4, 0.5) is 4.79 Å². The highest BCUT2D eigenvalue weighted by molar-refractivity contribution is 5.67. The first-order valence-electron chi connectivity index (χ1n) is 8.56. The number of carbonyl (C=O) groups excluding carboxylic acids is 1. The van der Waals surface area contributed by atoms with E-state index < -0.39 is 5.60 Å². The van der Waals surface area contributed by atoms with Crippen molar-refractivity contribution in [1.29, 1.82) is 0 Å². The van der Waals surface area contributed by atoms with Crippen LogP contribution in [-0.4, -0.2) is 34.1 Å². The van der Waals surface area contributed by atoms with Gasteiger partial charge >= 0.3 is 6.09 Å². The Morgan fingerprint density at radius 2 is 2.09 bits per heavy atom. The molecule has 1 aromatic heterocycles. The van der Waals surface area contributed by atoms with E-state index in [1.165, 1.54) is 5.69 Å². The number of aromatic nitrogens is 2. The second kappa shape index (κ2) is 9.55. The van der Waals surface area contributed by atoms with Gasteiger partial charge in [0.2, 0.25) is 0 Å². The lowest BCUT2D eigenvalue weighted by atomic mass is 10.1. The van der Waals surface area contributed by atoms with Crippen molar-refractivity contribution in [2.24, 2.45) is 0 Å². The topological polar surface area (TPSA) is 68.2 Å². The third kappa shape index (κ3) is 8.02. The smallest absolute Gasteiger partial charge is 0.407 e. The number of hydrogen-bond donors (Lipinski definition) is 2. The Labute approximate surface area is 140 Å². The van der Waals surface area contributed by atoms with Crippen molar-refractivity contribution in [3.63, 3.8) is 0 Å². The molecule has 0 spiro atoms. The summed E-state index contributed by atoms with van der Waals surface area (Å²) in [4.78, 5) is 11.8. The highest BCUT2D eigenvalue weighted by Gasteiger charge is 2.17. The molecule has 0 aromatic carbocycles. The van der Waals surface area contributed by atoms with Crippen LogP contribution in [-0.2, 0) is 17.8 Å². The highest BCUT2D eigenvalue weighted by Crippen LogP contribution is 2.07. The van der Waals surface area contributed by atoms with E-state index in [9.17, 15) is 4.79 Å². The van der Waals surface area contributed by atoms with Gasteiger partial charge in [0.1, 0.15) is 5.60 Å². The van der Waals surface area contributed by atoms with Gasteiger partial charge in [0.25, 0.3) is 0 Å². The fourth-order valence-electron chi connectivity index (χ4n) is 2.32. The molecule has 0 bridgehead atoms. The maximum atomic E-state index is 11.8. The standard InChI is InChI=1S/C17H32N4O2/c1-6-8-14(12-19-16(22)23-17(3,4)5)18-13-15-9-10-20-21(15)11-7-2/h9-10,14,18H,6-8,11-13H2,1-5H3,(H,19,22). The fourth-order valence-corrected chi connectivity index (χ4v) is 2.32. The molecule has 1 amide bonds. The molecule has 1 unspecified atom stereocenters. The second-order valence-corrected chi connectivity index (χ2v) is 6.79. The summed E-state index contributed by atoms with van der Waals surface area (Å²) < 4.78 is 7.30. The molecule has 0 fully saturated rings. The molecule has 1 heterocycles. The Balaban J connectivity index is 2.45. The molecule has 1 aromatic rings. The first-order chi connectivity index (χ1) is 10.9. The normalized spacial score (nSPS) is 12.9. The van der Waals surface area contributed by atoms with Crippen molar-refractivity contribution in [1.82, 2.24) is 20.4 Å². The van der Waals surface area contributed by atoms with Crippen LogP contribution < -0.4 is 10.6 Å². The van der Waals surface area contributed by atoms with Crippen molar-refractivity contribution in [3.05, 3.63) is 18.0 Å². The van der Waals surface area contributed by atoms with Crippen LogP contribution in [0.5, 0.6) is 0 Å². The lowest BCUT2D eigenvalue weighted by Gasteiger charge is -2.22. The summed E-state index contributed by atoms with van der Waals surface area (Å²) in [5.41, 5.74) is 0.704. The van der Waals surface area contributed by atoms with Crippen LogP contribution >= 0.6 is 0 Å². The van der Waals surface area contributed by atoms with Crippen molar-refractivity contribution in [2.45, 2.75) is 78.6 Å². The molecule has 1 atom stereocenters. The molecule has 6 heteroatoms. The SMILES string of the molecule is CCCC(CNC(=O)OC(C)(C)C)NCc1ccnn1CCC. The summed E-state index contributed by atoms with van der Waals surface area (Å²) in [5.74, 6) is 0. The number of alkyl carbamates (subject to hydrolysis) is 1. The summed E-state index contributed by atoms with van der Waals surface area (Å²) in [6.07, 6.45) is 4.59. The summed E-state index contributed by atoms with van der Waals surface area (Å²) in [5, 5.41) is 10.7. The molecule has 0 radical (unpaired) electrons. The van der Waals surface area contributed by atoms with Crippen LogP contribution in [0.3, 0.4) is 0 Å². The van der Waals surface area contributed by atoms with Gasteiger partial charge in [-0.3, -0.25) is 4.68 Å². The Hall–Kier alpha value is -1.56. The van der Waals surface area contributed by atoms with E-state index in [0.29, 0.717) is 6.54 Å². The predicted octanol–water partition coefficient (Wildman–Crippen LogP) is 3.08. The molecule has 0 saturated carbocycles.